The number of hydrogen-bond donors (Lipinski definition) is 0. The van der Waals surface area contributed by atoms with Crippen LogP contribution in [0.2, 0.25) is 0 Å². The van der Waals surface area contributed by atoms with Gasteiger partial charge in [0.15, 0.2) is 13.9 Å². The minimum atomic E-state index is -2.45. The summed E-state index contributed by atoms with van der Waals surface area (Å²) in [5, 5.41) is 6.03. The first-order valence-electron chi connectivity index (χ1n) is 17.4. The molecule has 0 radical (unpaired) electrons. The monoisotopic (exact) mass is 650 g/mol. The Morgan fingerprint density at radius 2 is 0.840 bits per heavy atom. The van der Waals surface area contributed by atoms with Gasteiger partial charge in [0.1, 0.15) is 0 Å². The van der Waals surface area contributed by atoms with Crippen LogP contribution in [0.5, 0.6) is 0 Å². The molecule has 0 fully saturated rings. The van der Waals surface area contributed by atoms with Gasteiger partial charge in [-0.3, -0.25) is 0 Å². The summed E-state index contributed by atoms with van der Waals surface area (Å²) >= 11 is 0. The molecule has 1 aliphatic carbocycles. The number of hydrogen-bond acceptors (Lipinski definition) is 2. The molecule has 50 heavy (non-hydrogen) atoms. The van der Waals surface area contributed by atoms with Gasteiger partial charge in [-0.25, -0.2) is 9.97 Å². The maximum atomic E-state index is 5.26. The molecule has 232 valence electrons. The fourth-order valence-electron chi connectivity index (χ4n) is 9.14. The third-order valence-corrected chi connectivity index (χ3v) is 16.2. The van der Waals surface area contributed by atoms with Crippen LogP contribution in [0, 0.1) is 0 Å². The highest BCUT2D eigenvalue weighted by Gasteiger charge is 2.53. The number of rotatable bonds is 3. The van der Waals surface area contributed by atoms with E-state index in [0.717, 1.165) is 34.8 Å². The molecule has 3 heteroatoms. The summed E-state index contributed by atoms with van der Waals surface area (Å²) in [5.41, 5.74) is 16.0. The highest BCUT2D eigenvalue weighted by Crippen LogP contribution is 2.45. The van der Waals surface area contributed by atoms with Crippen molar-refractivity contribution in [1.29, 1.82) is 0 Å². The summed E-state index contributed by atoms with van der Waals surface area (Å²) in [7, 11) is -2.45. The van der Waals surface area contributed by atoms with Gasteiger partial charge in [-0.2, -0.15) is 0 Å². The highest BCUT2D eigenvalue weighted by atomic mass is 28.3. The summed E-state index contributed by atoms with van der Waals surface area (Å²) in [5.74, 6) is 0.767. The van der Waals surface area contributed by atoms with Crippen molar-refractivity contribution in [2.45, 2.75) is 6.42 Å². The van der Waals surface area contributed by atoms with E-state index in [1.807, 2.05) is 6.07 Å². The van der Waals surface area contributed by atoms with E-state index in [1.54, 1.807) is 0 Å². The molecule has 0 N–H and O–H groups in total. The minimum absolute atomic E-state index is 0.767. The molecular formula is C47H30N2Si. The lowest BCUT2D eigenvalue weighted by molar-refractivity contribution is 1.13. The van der Waals surface area contributed by atoms with Crippen LogP contribution in [-0.4, -0.2) is 18.0 Å². The van der Waals surface area contributed by atoms with E-state index in [0.29, 0.717) is 0 Å². The molecule has 0 unspecified atom stereocenters. The Kier molecular flexibility index (Phi) is 5.78. The Labute approximate surface area is 292 Å². The molecule has 0 bridgehead atoms. The normalized spacial score (nSPS) is 13.7. The van der Waals surface area contributed by atoms with Gasteiger partial charge in [0, 0.05) is 28.7 Å². The van der Waals surface area contributed by atoms with Gasteiger partial charge in [0.05, 0.1) is 11.4 Å². The second kappa shape index (κ2) is 10.4. The molecule has 3 aliphatic rings. The van der Waals surface area contributed by atoms with Crippen molar-refractivity contribution in [2.24, 2.45) is 0 Å². The molecule has 0 saturated carbocycles. The van der Waals surface area contributed by atoms with Crippen LogP contribution in [0.1, 0.15) is 11.1 Å². The van der Waals surface area contributed by atoms with Crippen molar-refractivity contribution in [2.75, 3.05) is 0 Å². The minimum Gasteiger partial charge on any atom is -0.228 e. The fourth-order valence-corrected chi connectivity index (χ4v) is 14.7. The molecule has 11 rings (SSSR count). The van der Waals surface area contributed by atoms with Crippen LogP contribution in [0.15, 0.2) is 170 Å². The Balaban J connectivity index is 1.11. The van der Waals surface area contributed by atoms with Gasteiger partial charge < -0.3 is 0 Å². The predicted octanol–water partition coefficient (Wildman–Crippen LogP) is 8.39. The summed E-state index contributed by atoms with van der Waals surface area (Å²) in [6, 6.07) is 62.5. The maximum Gasteiger partial charge on any atom is 0.182 e. The van der Waals surface area contributed by atoms with Crippen LogP contribution >= 0.6 is 0 Å². The van der Waals surface area contributed by atoms with E-state index >= 15 is 0 Å². The van der Waals surface area contributed by atoms with Crippen LogP contribution < -0.4 is 20.7 Å². The maximum absolute atomic E-state index is 5.26. The largest absolute Gasteiger partial charge is 0.228 e. The Hall–Kier alpha value is -6.16. The molecule has 8 aromatic rings. The molecule has 0 amide bonds. The van der Waals surface area contributed by atoms with E-state index in [-0.39, 0.29) is 0 Å². The quantitative estimate of drug-likeness (QED) is 0.180. The van der Waals surface area contributed by atoms with Crippen LogP contribution in [-0.2, 0) is 6.42 Å². The summed E-state index contributed by atoms with van der Waals surface area (Å²) < 4.78 is 0. The average molecular weight is 651 g/mol. The van der Waals surface area contributed by atoms with E-state index in [9.17, 15) is 0 Å². The molecule has 1 aromatic heterocycles. The van der Waals surface area contributed by atoms with Gasteiger partial charge in [-0.05, 0) is 65.8 Å². The average Bonchev–Trinajstić information content (AvgIpc) is 3.82. The zero-order valence-corrected chi connectivity index (χ0v) is 28.3. The summed E-state index contributed by atoms with van der Waals surface area (Å²) in [6.45, 7) is 0. The standard InChI is InChI=1S/C47H30N2Si/c1-3-14-30(15-4-1)45-40-29-38-33(21-13-22-37(38)46(40)49-47(48-45)31-16-5-2-6-17-31)32-26-27-44-39(28-32)36-20-9-12-25-43(36)50(44)41-23-10-7-18-34(41)35-19-8-11-24-42(35)50/h1-28H,29H2. The third kappa shape index (κ3) is 3.67. The number of nitrogens with zero attached hydrogens (tertiary/aromatic N) is 2. The molecule has 3 heterocycles. The molecule has 2 aliphatic heterocycles. The van der Waals surface area contributed by atoms with Gasteiger partial charge in [-0.15, -0.1) is 0 Å². The zero-order valence-electron chi connectivity index (χ0n) is 27.3. The number of benzene rings is 7. The van der Waals surface area contributed by atoms with Crippen molar-refractivity contribution in [3.05, 3.63) is 181 Å². The van der Waals surface area contributed by atoms with Crippen molar-refractivity contribution < 1.29 is 0 Å². The van der Waals surface area contributed by atoms with Crippen molar-refractivity contribution in [3.8, 4) is 67.3 Å². The molecule has 1 spiro atoms. The molecule has 2 nitrogen and oxygen atoms in total. The summed E-state index contributed by atoms with van der Waals surface area (Å²) in [4.78, 5) is 10.5. The van der Waals surface area contributed by atoms with E-state index in [4.69, 9.17) is 9.97 Å². The lowest BCUT2D eigenvalue weighted by Gasteiger charge is -2.27. The van der Waals surface area contributed by atoms with E-state index in [2.05, 4.69) is 164 Å². The zero-order chi connectivity index (χ0) is 32.8. The molecule has 0 atom stereocenters. The third-order valence-electron chi connectivity index (χ3n) is 11.2. The SMILES string of the molecule is c1ccc(-c2nc(-c3ccccc3)c3c(n2)-c2cccc(-c4ccc5c(c4)-c4ccccc4[Si]54c5ccccc5-c5ccccc54)c2C3)cc1. The second-order valence-electron chi connectivity index (χ2n) is 13.6. The highest BCUT2D eigenvalue weighted by molar-refractivity contribution is 7.24. The lowest BCUT2D eigenvalue weighted by Crippen LogP contribution is -2.70. The van der Waals surface area contributed by atoms with Crippen molar-refractivity contribution in [3.63, 3.8) is 0 Å². The smallest absolute Gasteiger partial charge is 0.182 e. The van der Waals surface area contributed by atoms with Crippen molar-refractivity contribution >= 4 is 28.8 Å². The van der Waals surface area contributed by atoms with E-state index < -0.39 is 8.07 Å². The molecular weight excluding hydrogens is 621 g/mol. The first-order valence-corrected chi connectivity index (χ1v) is 19.4. The fraction of sp³-hybridized carbons (Fsp3) is 0.0213. The molecule has 7 aromatic carbocycles. The van der Waals surface area contributed by atoms with Crippen LogP contribution in [0.25, 0.3) is 67.3 Å². The Morgan fingerprint density at radius 3 is 1.50 bits per heavy atom. The Bertz CT molecular complexity index is 2630. The van der Waals surface area contributed by atoms with Crippen molar-refractivity contribution in [1.82, 2.24) is 9.97 Å². The first kappa shape index (κ1) is 27.8. The predicted molar refractivity (Wildman–Crippen MR) is 208 cm³/mol. The van der Waals surface area contributed by atoms with Gasteiger partial charge in [0.25, 0.3) is 0 Å². The lowest BCUT2D eigenvalue weighted by atomic mass is 9.93. The van der Waals surface area contributed by atoms with Gasteiger partial charge in [-0.1, -0.05) is 164 Å². The Morgan fingerprint density at radius 1 is 0.340 bits per heavy atom. The topological polar surface area (TPSA) is 25.8 Å². The van der Waals surface area contributed by atoms with E-state index in [1.165, 1.54) is 70.8 Å². The van der Waals surface area contributed by atoms with Crippen LogP contribution in [0.4, 0.5) is 0 Å². The number of fused-ring (bicyclic) bond motifs is 13. The molecule has 0 saturated heterocycles. The van der Waals surface area contributed by atoms with Crippen LogP contribution in [0.3, 0.4) is 0 Å². The van der Waals surface area contributed by atoms with Gasteiger partial charge >= 0.3 is 0 Å². The second-order valence-corrected chi connectivity index (χ2v) is 17.3. The number of aromatic nitrogens is 2. The summed E-state index contributed by atoms with van der Waals surface area (Å²) in [6.07, 6.45) is 0.799. The van der Waals surface area contributed by atoms with Gasteiger partial charge in [0.2, 0.25) is 0 Å². The first-order chi connectivity index (χ1) is 24.8.